The van der Waals surface area contributed by atoms with Crippen LogP contribution in [0.4, 0.5) is 0 Å². The van der Waals surface area contributed by atoms with Gasteiger partial charge in [-0.2, -0.15) is 0 Å². The molecule has 88 valence electrons. The fraction of sp³-hybridized carbons (Fsp3) is 0.167. The standard InChI is InChI=1S/C12H10O4S/c1-15-11(13)8-4-3-7-5-10(12(14)16-2)17-9(7)6-8/h3-6H,1-2H3. The molecule has 0 unspecified atom stereocenters. The molecule has 0 fully saturated rings. The molecular formula is C12H10O4S. The lowest BCUT2D eigenvalue weighted by atomic mass is 10.2. The second-order valence-electron chi connectivity index (χ2n) is 3.35. The first-order chi connectivity index (χ1) is 8.15. The van der Waals surface area contributed by atoms with Crippen LogP contribution in [0, 0.1) is 0 Å². The van der Waals surface area contributed by atoms with Crippen molar-refractivity contribution in [1.29, 1.82) is 0 Å². The summed E-state index contributed by atoms with van der Waals surface area (Å²) in [4.78, 5) is 23.2. The quantitative estimate of drug-likeness (QED) is 0.768. The number of hydrogen-bond donors (Lipinski definition) is 0. The van der Waals surface area contributed by atoms with E-state index in [0.29, 0.717) is 10.4 Å². The van der Waals surface area contributed by atoms with Crippen molar-refractivity contribution in [3.8, 4) is 0 Å². The summed E-state index contributed by atoms with van der Waals surface area (Å²) in [6, 6.07) is 6.90. The molecule has 0 spiro atoms. The number of hydrogen-bond acceptors (Lipinski definition) is 5. The van der Waals surface area contributed by atoms with Crippen molar-refractivity contribution in [2.24, 2.45) is 0 Å². The maximum atomic E-state index is 11.4. The number of rotatable bonds is 2. The highest BCUT2D eigenvalue weighted by molar-refractivity contribution is 7.20. The zero-order chi connectivity index (χ0) is 12.4. The fourth-order valence-electron chi connectivity index (χ4n) is 1.48. The van der Waals surface area contributed by atoms with Gasteiger partial charge in [0.25, 0.3) is 0 Å². The lowest BCUT2D eigenvalue weighted by Gasteiger charge is -1.97. The van der Waals surface area contributed by atoms with Gasteiger partial charge in [0.05, 0.1) is 19.8 Å². The molecule has 5 heteroatoms. The van der Waals surface area contributed by atoms with Crippen LogP contribution in [0.15, 0.2) is 24.3 Å². The smallest absolute Gasteiger partial charge is 0.348 e. The zero-order valence-electron chi connectivity index (χ0n) is 9.35. The summed E-state index contributed by atoms with van der Waals surface area (Å²) < 4.78 is 10.1. The van der Waals surface area contributed by atoms with Crippen molar-refractivity contribution in [2.45, 2.75) is 0 Å². The van der Waals surface area contributed by atoms with Crippen molar-refractivity contribution >= 4 is 33.4 Å². The van der Waals surface area contributed by atoms with E-state index in [2.05, 4.69) is 9.47 Å². The minimum atomic E-state index is -0.389. The lowest BCUT2D eigenvalue weighted by molar-refractivity contribution is 0.0594. The molecule has 0 aliphatic rings. The SMILES string of the molecule is COC(=O)c1ccc2cc(C(=O)OC)sc2c1. The number of carbonyl (C=O) groups excluding carboxylic acids is 2. The number of methoxy groups -OCH3 is 2. The Morgan fingerprint density at radius 2 is 1.76 bits per heavy atom. The normalized spacial score (nSPS) is 10.2. The van der Waals surface area contributed by atoms with Gasteiger partial charge in [-0.1, -0.05) is 6.07 Å². The second kappa shape index (κ2) is 4.55. The maximum absolute atomic E-state index is 11.4. The first-order valence-electron chi connectivity index (χ1n) is 4.86. The van der Waals surface area contributed by atoms with Crippen molar-refractivity contribution in [2.75, 3.05) is 14.2 Å². The van der Waals surface area contributed by atoms with Gasteiger partial charge >= 0.3 is 11.9 Å². The third-order valence-corrected chi connectivity index (χ3v) is 3.41. The topological polar surface area (TPSA) is 52.6 Å². The monoisotopic (exact) mass is 250 g/mol. The molecule has 0 aliphatic carbocycles. The fourth-order valence-corrected chi connectivity index (χ4v) is 2.50. The number of ether oxygens (including phenoxy) is 2. The van der Waals surface area contributed by atoms with Gasteiger partial charge < -0.3 is 9.47 Å². The van der Waals surface area contributed by atoms with Crippen LogP contribution < -0.4 is 0 Å². The predicted octanol–water partition coefficient (Wildman–Crippen LogP) is 2.47. The van der Waals surface area contributed by atoms with Crippen molar-refractivity contribution in [3.05, 3.63) is 34.7 Å². The van der Waals surface area contributed by atoms with Crippen LogP contribution in [0.25, 0.3) is 10.1 Å². The zero-order valence-corrected chi connectivity index (χ0v) is 10.2. The van der Waals surface area contributed by atoms with E-state index in [1.807, 2.05) is 0 Å². The van der Waals surface area contributed by atoms with Gasteiger partial charge in [-0.05, 0) is 23.6 Å². The molecule has 2 aromatic rings. The van der Waals surface area contributed by atoms with Crippen molar-refractivity contribution < 1.29 is 19.1 Å². The lowest BCUT2D eigenvalue weighted by Crippen LogP contribution is -1.99. The van der Waals surface area contributed by atoms with E-state index in [4.69, 9.17) is 0 Å². The summed E-state index contributed by atoms with van der Waals surface area (Å²) in [6.45, 7) is 0. The van der Waals surface area contributed by atoms with Crippen LogP contribution >= 0.6 is 11.3 Å². The number of fused-ring (bicyclic) bond motifs is 1. The summed E-state index contributed by atoms with van der Waals surface area (Å²) in [6.07, 6.45) is 0. The van der Waals surface area contributed by atoms with Crippen LogP contribution in [0.1, 0.15) is 20.0 Å². The first kappa shape index (κ1) is 11.6. The van der Waals surface area contributed by atoms with E-state index in [1.165, 1.54) is 25.6 Å². The molecule has 1 aromatic carbocycles. The first-order valence-corrected chi connectivity index (χ1v) is 5.67. The van der Waals surface area contributed by atoms with Gasteiger partial charge in [-0.3, -0.25) is 0 Å². The Kier molecular flexibility index (Phi) is 3.10. The van der Waals surface area contributed by atoms with Crippen LogP contribution in [0.5, 0.6) is 0 Å². The average molecular weight is 250 g/mol. The number of carbonyl (C=O) groups is 2. The summed E-state index contributed by atoms with van der Waals surface area (Å²) in [5.74, 6) is -0.759. The van der Waals surface area contributed by atoms with E-state index in [-0.39, 0.29) is 11.9 Å². The molecule has 0 amide bonds. The largest absolute Gasteiger partial charge is 0.465 e. The van der Waals surface area contributed by atoms with E-state index < -0.39 is 0 Å². The molecule has 0 N–H and O–H groups in total. The Labute approximate surface area is 102 Å². The molecule has 0 radical (unpaired) electrons. The van der Waals surface area contributed by atoms with E-state index in [0.717, 1.165) is 10.1 Å². The molecule has 0 atom stereocenters. The minimum absolute atomic E-state index is 0.370. The van der Waals surface area contributed by atoms with Crippen molar-refractivity contribution in [3.63, 3.8) is 0 Å². The van der Waals surface area contributed by atoms with E-state index in [9.17, 15) is 9.59 Å². The molecule has 1 heterocycles. The van der Waals surface area contributed by atoms with E-state index >= 15 is 0 Å². The molecule has 0 bridgehead atoms. The second-order valence-corrected chi connectivity index (χ2v) is 4.43. The third kappa shape index (κ3) is 2.14. The number of thiophene rings is 1. The van der Waals surface area contributed by atoms with Gasteiger partial charge in [0, 0.05) is 4.70 Å². The highest BCUT2D eigenvalue weighted by atomic mass is 32.1. The molecule has 0 aliphatic heterocycles. The Bertz CT molecular complexity index is 571. The molecule has 17 heavy (non-hydrogen) atoms. The van der Waals surface area contributed by atoms with Gasteiger partial charge in [0.15, 0.2) is 0 Å². The Hall–Kier alpha value is -1.88. The van der Waals surface area contributed by atoms with Crippen molar-refractivity contribution in [1.82, 2.24) is 0 Å². The maximum Gasteiger partial charge on any atom is 0.348 e. The highest BCUT2D eigenvalue weighted by Gasteiger charge is 2.12. The summed E-state index contributed by atoms with van der Waals surface area (Å²) in [5, 5.41) is 0.906. The van der Waals surface area contributed by atoms with Crippen LogP contribution in [0.2, 0.25) is 0 Å². The summed E-state index contributed by atoms with van der Waals surface area (Å²) in [5.41, 5.74) is 0.471. The van der Waals surface area contributed by atoms with E-state index in [1.54, 1.807) is 24.3 Å². The highest BCUT2D eigenvalue weighted by Crippen LogP contribution is 2.27. The average Bonchev–Trinajstić information content (AvgIpc) is 2.79. The van der Waals surface area contributed by atoms with Gasteiger partial charge in [0.1, 0.15) is 4.88 Å². The third-order valence-electron chi connectivity index (χ3n) is 2.33. The van der Waals surface area contributed by atoms with Crippen LogP contribution in [-0.2, 0) is 9.47 Å². The Balaban J connectivity index is 2.48. The summed E-state index contributed by atoms with van der Waals surface area (Å²) in [7, 11) is 2.67. The van der Waals surface area contributed by atoms with Crippen LogP contribution in [-0.4, -0.2) is 26.2 Å². The molecule has 0 saturated carbocycles. The molecule has 2 rings (SSSR count). The molecular weight excluding hydrogens is 240 g/mol. The number of benzene rings is 1. The van der Waals surface area contributed by atoms with Gasteiger partial charge in [-0.15, -0.1) is 11.3 Å². The summed E-state index contributed by atoms with van der Waals surface area (Å²) >= 11 is 1.29. The molecule has 4 nitrogen and oxygen atoms in total. The van der Waals surface area contributed by atoms with Gasteiger partial charge in [-0.25, -0.2) is 9.59 Å². The number of esters is 2. The van der Waals surface area contributed by atoms with Crippen LogP contribution in [0.3, 0.4) is 0 Å². The molecule has 1 aromatic heterocycles. The predicted molar refractivity (Wildman–Crippen MR) is 64.5 cm³/mol. The van der Waals surface area contributed by atoms with Gasteiger partial charge in [0.2, 0.25) is 0 Å². The minimum Gasteiger partial charge on any atom is -0.465 e. The Morgan fingerprint density at radius 3 is 2.41 bits per heavy atom. The molecule has 0 saturated heterocycles. The Morgan fingerprint density at radius 1 is 1.06 bits per heavy atom.